The highest BCUT2D eigenvalue weighted by molar-refractivity contribution is 5.80. The summed E-state index contributed by atoms with van der Waals surface area (Å²) >= 11 is 0. The maximum atomic E-state index is 12.9. The molecule has 0 aliphatic carbocycles. The number of nitrogens with zero attached hydrogens (tertiary/aromatic N) is 2. The molecule has 5 nitrogen and oxygen atoms in total. The van der Waals surface area contributed by atoms with Crippen molar-refractivity contribution < 1.29 is 14.3 Å². The van der Waals surface area contributed by atoms with Gasteiger partial charge in [-0.2, -0.15) is 0 Å². The van der Waals surface area contributed by atoms with Crippen LogP contribution in [0.3, 0.4) is 0 Å². The first-order chi connectivity index (χ1) is 12.6. The molecular weight excluding hydrogens is 328 g/mol. The molecule has 2 heterocycles. The van der Waals surface area contributed by atoms with Gasteiger partial charge in [-0.25, -0.2) is 0 Å². The third-order valence-corrected chi connectivity index (χ3v) is 5.94. The van der Waals surface area contributed by atoms with E-state index in [1.54, 1.807) is 14.0 Å². The average molecular weight is 358 g/mol. The Morgan fingerprint density at radius 2 is 1.69 bits per heavy atom. The third kappa shape index (κ3) is 4.44. The van der Waals surface area contributed by atoms with Crippen molar-refractivity contribution in [1.82, 2.24) is 9.80 Å². The van der Waals surface area contributed by atoms with Gasteiger partial charge in [-0.1, -0.05) is 30.3 Å². The van der Waals surface area contributed by atoms with E-state index in [9.17, 15) is 9.59 Å². The van der Waals surface area contributed by atoms with Crippen molar-refractivity contribution in [3.05, 3.63) is 35.9 Å². The minimum atomic E-state index is 0.0498. The van der Waals surface area contributed by atoms with Crippen LogP contribution in [0.4, 0.5) is 0 Å². The SMILES string of the molecule is CO[C@H]1CN(C(=O)C2CCN(C(C)=O)CC2)CC[C@@H]1Cc1ccccc1. The van der Waals surface area contributed by atoms with Crippen molar-refractivity contribution in [2.24, 2.45) is 11.8 Å². The molecule has 5 heteroatoms. The van der Waals surface area contributed by atoms with Crippen LogP contribution in [-0.4, -0.2) is 61.0 Å². The molecule has 0 bridgehead atoms. The smallest absolute Gasteiger partial charge is 0.225 e. The Kier molecular flexibility index (Phi) is 6.30. The van der Waals surface area contributed by atoms with E-state index < -0.39 is 0 Å². The Labute approximate surface area is 156 Å². The lowest BCUT2D eigenvalue weighted by Crippen LogP contribution is -2.51. The second kappa shape index (κ2) is 8.67. The van der Waals surface area contributed by atoms with E-state index in [1.165, 1.54) is 5.56 Å². The summed E-state index contributed by atoms with van der Waals surface area (Å²) in [6, 6.07) is 10.5. The molecular formula is C21H30N2O3. The van der Waals surface area contributed by atoms with Crippen LogP contribution in [-0.2, 0) is 20.7 Å². The van der Waals surface area contributed by atoms with Crippen molar-refractivity contribution in [3.8, 4) is 0 Å². The molecule has 0 radical (unpaired) electrons. The van der Waals surface area contributed by atoms with Crippen LogP contribution in [0.2, 0.25) is 0 Å². The molecule has 142 valence electrons. The Bertz CT molecular complexity index is 611. The molecule has 0 saturated carbocycles. The minimum Gasteiger partial charge on any atom is -0.379 e. The Balaban J connectivity index is 1.55. The fraction of sp³-hybridized carbons (Fsp3) is 0.619. The number of piperidine rings is 2. The predicted molar refractivity (Wildman–Crippen MR) is 101 cm³/mol. The van der Waals surface area contributed by atoms with E-state index in [4.69, 9.17) is 4.74 Å². The summed E-state index contributed by atoms with van der Waals surface area (Å²) in [6.45, 7) is 4.49. The van der Waals surface area contributed by atoms with Gasteiger partial charge >= 0.3 is 0 Å². The van der Waals surface area contributed by atoms with Crippen molar-refractivity contribution in [1.29, 1.82) is 0 Å². The molecule has 2 aliphatic heterocycles. The largest absolute Gasteiger partial charge is 0.379 e. The molecule has 2 fully saturated rings. The Morgan fingerprint density at radius 3 is 2.31 bits per heavy atom. The Morgan fingerprint density at radius 1 is 1.04 bits per heavy atom. The Hall–Kier alpha value is -1.88. The van der Waals surface area contributed by atoms with Gasteiger partial charge in [-0.05, 0) is 37.2 Å². The summed E-state index contributed by atoms with van der Waals surface area (Å²) in [4.78, 5) is 28.2. The number of methoxy groups -OCH3 is 1. The van der Waals surface area contributed by atoms with Crippen molar-refractivity contribution in [2.45, 2.75) is 38.7 Å². The van der Waals surface area contributed by atoms with Crippen LogP contribution in [0.15, 0.2) is 30.3 Å². The standard InChI is InChI=1S/C21H30N2O3/c1-16(24)22-11-8-18(9-12-22)21(25)23-13-10-19(20(15-23)26-2)14-17-6-4-3-5-7-17/h3-7,18-20H,8-15H2,1-2H3/t19-,20+/m1/s1. The lowest BCUT2D eigenvalue weighted by atomic mass is 9.86. The maximum Gasteiger partial charge on any atom is 0.225 e. The average Bonchev–Trinajstić information content (AvgIpc) is 2.68. The van der Waals surface area contributed by atoms with Gasteiger partial charge in [0.1, 0.15) is 0 Å². The number of benzene rings is 1. The lowest BCUT2D eigenvalue weighted by Gasteiger charge is -2.40. The fourth-order valence-corrected chi connectivity index (χ4v) is 4.28. The van der Waals surface area contributed by atoms with Gasteiger partial charge in [0.25, 0.3) is 0 Å². The molecule has 26 heavy (non-hydrogen) atoms. The number of ether oxygens (including phenoxy) is 1. The molecule has 3 rings (SSSR count). The summed E-state index contributed by atoms with van der Waals surface area (Å²) in [5.41, 5.74) is 1.33. The number of likely N-dealkylation sites (tertiary alicyclic amines) is 2. The van der Waals surface area contributed by atoms with Crippen LogP contribution >= 0.6 is 0 Å². The molecule has 0 spiro atoms. The minimum absolute atomic E-state index is 0.0498. The molecule has 2 amide bonds. The molecule has 0 N–H and O–H groups in total. The normalized spacial score (nSPS) is 24.5. The van der Waals surface area contributed by atoms with Crippen molar-refractivity contribution >= 4 is 11.8 Å². The molecule has 0 unspecified atom stereocenters. The molecule has 2 saturated heterocycles. The van der Waals surface area contributed by atoms with E-state index in [-0.39, 0.29) is 23.8 Å². The zero-order valence-electron chi connectivity index (χ0n) is 15.9. The molecule has 1 aromatic carbocycles. The number of carbonyl (C=O) groups is 2. The van der Waals surface area contributed by atoms with Gasteiger partial charge in [-0.3, -0.25) is 9.59 Å². The maximum absolute atomic E-state index is 12.9. The van der Waals surface area contributed by atoms with Gasteiger partial charge in [0.2, 0.25) is 11.8 Å². The summed E-state index contributed by atoms with van der Waals surface area (Å²) in [5, 5.41) is 0. The molecule has 2 aliphatic rings. The molecule has 0 aromatic heterocycles. The van der Waals surface area contributed by atoms with Crippen LogP contribution in [0.25, 0.3) is 0 Å². The van der Waals surface area contributed by atoms with Gasteiger partial charge < -0.3 is 14.5 Å². The van der Waals surface area contributed by atoms with Gasteiger partial charge in [0.05, 0.1) is 6.10 Å². The first-order valence-corrected chi connectivity index (χ1v) is 9.69. The topological polar surface area (TPSA) is 49.9 Å². The van der Waals surface area contributed by atoms with E-state index in [0.717, 1.165) is 32.2 Å². The summed E-state index contributed by atoms with van der Waals surface area (Å²) in [7, 11) is 1.75. The highest BCUT2D eigenvalue weighted by Gasteiger charge is 2.35. The van der Waals surface area contributed by atoms with Crippen LogP contribution < -0.4 is 0 Å². The van der Waals surface area contributed by atoms with Crippen molar-refractivity contribution in [2.75, 3.05) is 33.3 Å². The second-order valence-corrected chi connectivity index (χ2v) is 7.58. The monoisotopic (exact) mass is 358 g/mol. The fourth-order valence-electron chi connectivity index (χ4n) is 4.28. The van der Waals surface area contributed by atoms with Crippen LogP contribution in [0.5, 0.6) is 0 Å². The third-order valence-electron chi connectivity index (χ3n) is 5.94. The lowest BCUT2D eigenvalue weighted by molar-refractivity contribution is -0.144. The molecule has 2 atom stereocenters. The second-order valence-electron chi connectivity index (χ2n) is 7.58. The molecule has 1 aromatic rings. The van der Waals surface area contributed by atoms with Gasteiger partial charge in [-0.15, -0.1) is 0 Å². The summed E-state index contributed by atoms with van der Waals surface area (Å²) < 4.78 is 5.75. The van der Waals surface area contributed by atoms with Crippen molar-refractivity contribution in [3.63, 3.8) is 0 Å². The van der Waals surface area contributed by atoms with Gasteiger partial charge in [0, 0.05) is 46.1 Å². The predicted octanol–water partition coefficient (Wildman–Crippen LogP) is 2.35. The zero-order valence-corrected chi connectivity index (χ0v) is 15.9. The van der Waals surface area contributed by atoms with Gasteiger partial charge in [0.15, 0.2) is 0 Å². The first kappa shape index (κ1) is 18.9. The van der Waals surface area contributed by atoms with E-state index >= 15 is 0 Å². The highest BCUT2D eigenvalue weighted by atomic mass is 16.5. The van der Waals surface area contributed by atoms with E-state index in [2.05, 4.69) is 24.3 Å². The van der Waals surface area contributed by atoms with E-state index in [1.807, 2.05) is 15.9 Å². The number of hydrogen-bond donors (Lipinski definition) is 0. The van der Waals surface area contributed by atoms with Crippen LogP contribution in [0.1, 0.15) is 31.7 Å². The quantitative estimate of drug-likeness (QED) is 0.830. The number of hydrogen-bond acceptors (Lipinski definition) is 3. The number of carbonyl (C=O) groups excluding carboxylic acids is 2. The van der Waals surface area contributed by atoms with Crippen LogP contribution in [0, 0.1) is 11.8 Å². The first-order valence-electron chi connectivity index (χ1n) is 9.69. The highest BCUT2D eigenvalue weighted by Crippen LogP contribution is 2.27. The van der Waals surface area contributed by atoms with E-state index in [0.29, 0.717) is 25.6 Å². The zero-order chi connectivity index (χ0) is 18.5. The summed E-state index contributed by atoms with van der Waals surface area (Å²) in [6.07, 6.45) is 3.62. The summed E-state index contributed by atoms with van der Waals surface area (Å²) in [5.74, 6) is 0.852. The number of amides is 2. The number of rotatable bonds is 4.